The molecular weight excluding hydrogens is 176 g/mol. The van der Waals surface area contributed by atoms with Crippen LogP contribution in [0.15, 0.2) is 0 Å². The van der Waals surface area contributed by atoms with E-state index in [1.165, 1.54) is 14.0 Å². The van der Waals surface area contributed by atoms with Crippen molar-refractivity contribution >= 4 is 17.7 Å². The third-order valence-electron chi connectivity index (χ3n) is 1.51. The first-order valence-corrected chi connectivity index (χ1v) is 3.71. The average molecular weight is 188 g/mol. The minimum atomic E-state index is -0.934. The second-order valence-electron chi connectivity index (χ2n) is 2.54. The Morgan fingerprint density at radius 1 is 1.15 bits per heavy atom. The van der Waals surface area contributed by atoms with Gasteiger partial charge in [-0.05, 0) is 0 Å². The zero-order valence-electron chi connectivity index (χ0n) is 7.83. The molecule has 0 N–H and O–H groups in total. The highest BCUT2D eigenvalue weighted by molar-refractivity contribution is 6.33. The highest BCUT2D eigenvalue weighted by Crippen LogP contribution is 2.05. The van der Waals surface area contributed by atoms with E-state index in [2.05, 4.69) is 9.47 Å². The van der Waals surface area contributed by atoms with Crippen LogP contribution in [0.2, 0.25) is 0 Å². The van der Waals surface area contributed by atoms with Gasteiger partial charge in [-0.2, -0.15) is 0 Å². The van der Waals surface area contributed by atoms with Gasteiger partial charge >= 0.3 is 11.9 Å². The maximum Gasteiger partial charge on any atom is 0.374 e. The van der Waals surface area contributed by atoms with Gasteiger partial charge in [0.2, 0.25) is 5.78 Å². The molecule has 0 fully saturated rings. The van der Waals surface area contributed by atoms with Crippen molar-refractivity contribution in [3.8, 4) is 0 Å². The molecule has 13 heavy (non-hydrogen) atoms. The summed E-state index contributed by atoms with van der Waals surface area (Å²) in [5, 5.41) is 0. The molecule has 0 aromatic heterocycles. The van der Waals surface area contributed by atoms with Gasteiger partial charge in [-0.1, -0.05) is 6.92 Å². The molecule has 0 saturated carbocycles. The molecule has 5 nitrogen and oxygen atoms in total. The van der Waals surface area contributed by atoms with Gasteiger partial charge in [0.1, 0.15) is 0 Å². The monoisotopic (exact) mass is 188 g/mol. The molecule has 0 heterocycles. The molecule has 74 valence electrons. The number of esters is 2. The zero-order valence-corrected chi connectivity index (χ0v) is 7.83. The minimum absolute atomic E-state index is 0.181. The predicted molar refractivity (Wildman–Crippen MR) is 42.8 cm³/mol. The van der Waals surface area contributed by atoms with Gasteiger partial charge in [0.15, 0.2) is 0 Å². The van der Waals surface area contributed by atoms with Gasteiger partial charge in [0, 0.05) is 6.42 Å². The largest absolute Gasteiger partial charge is 0.469 e. The van der Waals surface area contributed by atoms with Crippen molar-refractivity contribution < 1.29 is 23.9 Å². The normalized spacial score (nSPS) is 11.6. The average Bonchev–Trinajstić information content (AvgIpc) is 2.14. The summed E-state index contributed by atoms with van der Waals surface area (Å²) >= 11 is 0. The summed E-state index contributed by atoms with van der Waals surface area (Å²) < 4.78 is 8.57. The van der Waals surface area contributed by atoms with Gasteiger partial charge < -0.3 is 9.47 Å². The maximum atomic E-state index is 10.9. The molecule has 0 aliphatic carbocycles. The molecule has 0 unspecified atom stereocenters. The number of Topliss-reactive ketones (excluding diaryl/α,β-unsaturated/α-hetero) is 1. The van der Waals surface area contributed by atoms with Crippen molar-refractivity contribution in [2.24, 2.45) is 5.92 Å². The summed E-state index contributed by atoms with van der Waals surface area (Å²) in [4.78, 5) is 32.4. The van der Waals surface area contributed by atoms with Crippen LogP contribution < -0.4 is 0 Å². The van der Waals surface area contributed by atoms with E-state index >= 15 is 0 Å². The molecule has 0 aromatic rings. The molecule has 0 amide bonds. The summed E-state index contributed by atoms with van der Waals surface area (Å²) in [6, 6.07) is 0. The number of hydrogen-bond donors (Lipinski definition) is 0. The first kappa shape index (κ1) is 11.6. The topological polar surface area (TPSA) is 69.7 Å². The molecular formula is C8H12O5. The molecule has 0 saturated heterocycles. The molecule has 5 heteroatoms. The highest BCUT2D eigenvalue weighted by atomic mass is 16.5. The SMILES string of the molecule is COC(=O)C(=O)C[C@@H](C)C(=O)OC. The molecule has 0 spiro atoms. The van der Waals surface area contributed by atoms with E-state index in [0.29, 0.717) is 0 Å². The Morgan fingerprint density at radius 3 is 2.08 bits per heavy atom. The predicted octanol–water partition coefficient (Wildman–Crippen LogP) is -0.0723. The van der Waals surface area contributed by atoms with Crippen molar-refractivity contribution in [3.05, 3.63) is 0 Å². The van der Waals surface area contributed by atoms with Crippen LogP contribution in [0.4, 0.5) is 0 Å². The van der Waals surface area contributed by atoms with E-state index < -0.39 is 23.6 Å². The van der Waals surface area contributed by atoms with Crippen LogP contribution >= 0.6 is 0 Å². The van der Waals surface area contributed by atoms with Gasteiger partial charge in [-0.25, -0.2) is 4.79 Å². The molecule has 1 atom stereocenters. The Morgan fingerprint density at radius 2 is 1.69 bits per heavy atom. The summed E-state index contributed by atoms with van der Waals surface area (Å²) in [5.41, 5.74) is 0. The van der Waals surface area contributed by atoms with Gasteiger partial charge in [-0.15, -0.1) is 0 Å². The maximum absolute atomic E-state index is 10.9. The number of carbonyl (C=O) groups excluding carboxylic acids is 3. The highest BCUT2D eigenvalue weighted by Gasteiger charge is 2.22. The lowest BCUT2D eigenvalue weighted by Gasteiger charge is -2.06. The van der Waals surface area contributed by atoms with Crippen molar-refractivity contribution in [3.63, 3.8) is 0 Å². The standard InChI is InChI=1S/C8H12O5/c1-5(7(10)12-2)4-6(9)8(11)13-3/h5H,4H2,1-3H3/t5-/m1/s1. The fraction of sp³-hybridized carbons (Fsp3) is 0.625. The van der Waals surface area contributed by atoms with Crippen LogP contribution in [-0.4, -0.2) is 31.9 Å². The first-order valence-electron chi connectivity index (χ1n) is 3.71. The Kier molecular flexibility index (Phi) is 4.72. The molecule has 0 bridgehead atoms. The van der Waals surface area contributed by atoms with Crippen LogP contribution in [-0.2, 0) is 23.9 Å². The van der Waals surface area contributed by atoms with Crippen LogP contribution in [0.5, 0.6) is 0 Å². The lowest BCUT2D eigenvalue weighted by molar-refractivity contribution is -0.154. The van der Waals surface area contributed by atoms with Crippen LogP contribution in [0.25, 0.3) is 0 Å². The van der Waals surface area contributed by atoms with Crippen LogP contribution in [0, 0.1) is 5.92 Å². The Bertz CT molecular complexity index is 221. The Labute approximate surface area is 76.0 Å². The van der Waals surface area contributed by atoms with Crippen molar-refractivity contribution in [2.45, 2.75) is 13.3 Å². The van der Waals surface area contributed by atoms with Crippen molar-refractivity contribution in [1.29, 1.82) is 0 Å². The number of methoxy groups -OCH3 is 2. The van der Waals surface area contributed by atoms with E-state index in [9.17, 15) is 14.4 Å². The summed E-state index contributed by atoms with van der Waals surface area (Å²) in [6.45, 7) is 1.51. The second kappa shape index (κ2) is 5.29. The van der Waals surface area contributed by atoms with Crippen LogP contribution in [0.1, 0.15) is 13.3 Å². The third kappa shape index (κ3) is 3.68. The summed E-state index contributed by atoms with van der Waals surface area (Å²) in [7, 11) is 2.34. The van der Waals surface area contributed by atoms with Crippen molar-refractivity contribution in [1.82, 2.24) is 0 Å². The molecule has 0 radical (unpaired) electrons. The molecule has 0 aromatic carbocycles. The van der Waals surface area contributed by atoms with Gasteiger partial charge in [0.05, 0.1) is 20.1 Å². The number of rotatable bonds is 4. The quantitative estimate of drug-likeness (QED) is 0.456. The molecule has 0 rings (SSSR count). The third-order valence-corrected chi connectivity index (χ3v) is 1.51. The summed E-state index contributed by atoms with van der Waals surface area (Å²) in [6.07, 6.45) is -0.181. The molecule has 0 aliphatic heterocycles. The smallest absolute Gasteiger partial charge is 0.374 e. The number of ether oxygens (including phenoxy) is 2. The Balaban J connectivity index is 4.06. The van der Waals surface area contributed by atoms with Crippen molar-refractivity contribution in [2.75, 3.05) is 14.2 Å². The van der Waals surface area contributed by atoms with E-state index in [4.69, 9.17) is 0 Å². The van der Waals surface area contributed by atoms with E-state index in [-0.39, 0.29) is 6.42 Å². The second-order valence-corrected chi connectivity index (χ2v) is 2.54. The van der Waals surface area contributed by atoms with E-state index in [0.717, 1.165) is 7.11 Å². The number of carbonyl (C=O) groups is 3. The fourth-order valence-electron chi connectivity index (χ4n) is 0.760. The van der Waals surface area contributed by atoms with Gasteiger partial charge in [-0.3, -0.25) is 9.59 Å². The minimum Gasteiger partial charge on any atom is -0.469 e. The first-order chi connectivity index (χ1) is 6.02. The van der Waals surface area contributed by atoms with Crippen LogP contribution in [0.3, 0.4) is 0 Å². The summed E-state index contributed by atoms with van der Waals surface area (Å²) in [5.74, 6) is -2.79. The van der Waals surface area contributed by atoms with E-state index in [1.54, 1.807) is 0 Å². The lowest BCUT2D eigenvalue weighted by atomic mass is 10.1. The van der Waals surface area contributed by atoms with E-state index in [1.807, 2.05) is 0 Å². The molecule has 0 aliphatic rings. The zero-order chi connectivity index (χ0) is 10.4. The number of hydrogen-bond acceptors (Lipinski definition) is 5. The fourth-order valence-corrected chi connectivity index (χ4v) is 0.760. The Hall–Kier alpha value is -1.39. The number of ketones is 1. The lowest BCUT2D eigenvalue weighted by Crippen LogP contribution is -2.22. The van der Waals surface area contributed by atoms with Gasteiger partial charge in [0.25, 0.3) is 0 Å².